The molecule has 1 nitrogen and oxygen atoms in total. The molecule has 0 saturated heterocycles. The average Bonchev–Trinajstić information content (AvgIpc) is 1.87. The molecule has 1 rings (SSSR count). The van der Waals surface area contributed by atoms with E-state index in [0.29, 0.717) is 11.3 Å². The molecule has 0 aromatic carbocycles. The van der Waals surface area contributed by atoms with Crippen molar-refractivity contribution < 1.29 is 4.74 Å². The minimum Gasteiger partial charge on any atom is -0.480 e. The van der Waals surface area contributed by atoms with E-state index in [1.165, 1.54) is 0 Å². The third kappa shape index (κ3) is 1.10. The van der Waals surface area contributed by atoms with Crippen LogP contribution in [0.4, 0.5) is 0 Å². The van der Waals surface area contributed by atoms with Gasteiger partial charge in [-0.1, -0.05) is 0 Å². The molecule has 0 N–H and O–H groups in total. The van der Waals surface area contributed by atoms with Crippen LogP contribution in [0, 0.1) is 0 Å². The maximum atomic E-state index is 5.45. The van der Waals surface area contributed by atoms with Gasteiger partial charge in [0.05, 0.1) is 0 Å². The zero-order valence-electron chi connectivity index (χ0n) is 4.15. The van der Waals surface area contributed by atoms with Crippen LogP contribution in [-0.4, -0.2) is 6.10 Å². The van der Waals surface area contributed by atoms with E-state index in [1.54, 1.807) is 0 Å². The fourth-order valence-electron chi connectivity index (χ4n) is 0.547. The molecule has 0 saturated carbocycles. The maximum Gasteiger partial charge on any atom is 0.183 e. The second-order valence-corrected chi connectivity index (χ2v) is 2.04. The van der Waals surface area contributed by atoms with Crippen LogP contribution in [0.2, 0.25) is 0 Å². The summed E-state index contributed by atoms with van der Waals surface area (Å²) in [5, 5.41) is 0.549. The van der Waals surface area contributed by atoms with Crippen molar-refractivity contribution in [1.29, 1.82) is 0 Å². The SMILES string of the molecule is CC1CC=C(Cl)O1. The van der Waals surface area contributed by atoms with E-state index in [-0.39, 0.29) is 0 Å². The minimum absolute atomic E-state index is 0.299. The van der Waals surface area contributed by atoms with Crippen molar-refractivity contribution >= 4 is 11.6 Å². The Kier molecular flexibility index (Phi) is 1.24. The Bertz CT molecular complexity index is 98.3. The van der Waals surface area contributed by atoms with Crippen LogP contribution in [0.25, 0.3) is 0 Å². The Balaban J connectivity index is 2.42. The second kappa shape index (κ2) is 1.74. The van der Waals surface area contributed by atoms with E-state index in [4.69, 9.17) is 16.3 Å². The Hall–Kier alpha value is -0.170. The van der Waals surface area contributed by atoms with Crippen LogP contribution in [0.5, 0.6) is 0 Å². The fraction of sp³-hybridized carbons (Fsp3) is 0.600. The average molecular weight is 119 g/mol. The van der Waals surface area contributed by atoms with Crippen molar-refractivity contribution in [2.24, 2.45) is 0 Å². The number of hydrogen-bond acceptors (Lipinski definition) is 1. The van der Waals surface area contributed by atoms with E-state index in [1.807, 2.05) is 13.0 Å². The molecule has 0 spiro atoms. The van der Waals surface area contributed by atoms with E-state index >= 15 is 0 Å². The molecule has 2 heteroatoms. The van der Waals surface area contributed by atoms with Gasteiger partial charge in [0.25, 0.3) is 0 Å². The van der Waals surface area contributed by atoms with Crippen molar-refractivity contribution in [2.45, 2.75) is 19.4 Å². The van der Waals surface area contributed by atoms with Crippen LogP contribution < -0.4 is 0 Å². The Morgan fingerprint density at radius 1 is 2.00 bits per heavy atom. The Morgan fingerprint density at radius 3 is 2.86 bits per heavy atom. The topological polar surface area (TPSA) is 9.23 Å². The predicted octanol–water partition coefficient (Wildman–Crippen LogP) is 1.88. The standard InChI is InChI=1S/C5H7ClO/c1-4-2-3-5(6)7-4/h3-4H,2H2,1H3. The molecule has 1 heterocycles. The molecule has 1 aliphatic rings. The van der Waals surface area contributed by atoms with Gasteiger partial charge in [-0.25, -0.2) is 0 Å². The molecule has 0 fully saturated rings. The van der Waals surface area contributed by atoms with Crippen molar-refractivity contribution in [3.63, 3.8) is 0 Å². The summed E-state index contributed by atoms with van der Waals surface area (Å²) in [5.41, 5.74) is 0. The first-order chi connectivity index (χ1) is 3.29. The van der Waals surface area contributed by atoms with Crippen molar-refractivity contribution in [2.75, 3.05) is 0 Å². The smallest absolute Gasteiger partial charge is 0.183 e. The quantitative estimate of drug-likeness (QED) is 0.472. The highest BCUT2D eigenvalue weighted by molar-refractivity contribution is 6.28. The normalized spacial score (nSPS) is 29.4. The van der Waals surface area contributed by atoms with Crippen LogP contribution in [-0.2, 0) is 4.74 Å². The monoisotopic (exact) mass is 118 g/mol. The first-order valence-corrected chi connectivity index (χ1v) is 2.69. The number of ether oxygens (including phenoxy) is 1. The zero-order chi connectivity index (χ0) is 5.28. The summed E-state index contributed by atoms with van der Waals surface area (Å²) in [6.07, 6.45) is 3.14. The van der Waals surface area contributed by atoms with Crippen LogP contribution in [0.3, 0.4) is 0 Å². The van der Waals surface area contributed by atoms with Crippen LogP contribution >= 0.6 is 11.6 Å². The summed E-state index contributed by atoms with van der Waals surface area (Å²) in [7, 11) is 0. The van der Waals surface area contributed by atoms with Crippen LogP contribution in [0.15, 0.2) is 11.3 Å². The van der Waals surface area contributed by atoms with Gasteiger partial charge in [0, 0.05) is 6.42 Å². The van der Waals surface area contributed by atoms with E-state index in [9.17, 15) is 0 Å². The molecule has 1 aliphatic heterocycles. The largest absolute Gasteiger partial charge is 0.480 e. The lowest BCUT2D eigenvalue weighted by atomic mass is 10.3. The maximum absolute atomic E-state index is 5.45. The van der Waals surface area contributed by atoms with Crippen molar-refractivity contribution in [3.05, 3.63) is 11.3 Å². The molecule has 1 unspecified atom stereocenters. The third-order valence-electron chi connectivity index (χ3n) is 0.924. The highest BCUT2D eigenvalue weighted by Crippen LogP contribution is 2.18. The van der Waals surface area contributed by atoms with Gasteiger partial charge in [0.1, 0.15) is 6.10 Å². The summed E-state index contributed by atoms with van der Waals surface area (Å²) in [5.74, 6) is 0. The lowest BCUT2D eigenvalue weighted by molar-refractivity contribution is 0.178. The van der Waals surface area contributed by atoms with Gasteiger partial charge in [-0.05, 0) is 24.6 Å². The highest BCUT2D eigenvalue weighted by Gasteiger charge is 2.09. The zero-order valence-corrected chi connectivity index (χ0v) is 4.90. The lowest BCUT2D eigenvalue weighted by Gasteiger charge is -2.00. The third-order valence-corrected chi connectivity index (χ3v) is 1.17. The van der Waals surface area contributed by atoms with E-state index in [0.717, 1.165) is 6.42 Å². The molecule has 0 aromatic heterocycles. The molecule has 0 bridgehead atoms. The number of halogens is 1. The molecular formula is C5H7ClO. The summed E-state index contributed by atoms with van der Waals surface area (Å²) in [6, 6.07) is 0. The lowest BCUT2D eigenvalue weighted by Crippen LogP contribution is -1.95. The minimum atomic E-state index is 0.299. The second-order valence-electron chi connectivity index (χ2n) is 1.67. The number of rotatable bonds is 0. The highest BCUT2D eigenvalue weighted by atomic mass is 35.5. The first kappa shape index (κ1) is 4.98. The van der Waals surface area contributed by atoms with Crippen molar-refractivity contribution in [3.8, 4) is 0 Å². The van der Waals surface area contributed by atoms with Crippen LogP contribution in [0.1, 0.15) is 13.3 Å². The van der Waals surface area contributed by atoms with Gasteiger partial charge in [-0.3, -0.25) is 0 Å². The summed E-state index contributed by atoms with van der Waals surface area (Å²) < 4.78 is 4.99. The first-order valence-electron chi connectivity index (χ1n) is 2.31. The van der Waals surface area contributed by atoms with Crippen molar-refractivity contribution in [1.82, 2.24) is 0 Å². The molecule has 0 amide bonds. The predicted molar refractivity (Wildman–Crippen MR) is 29.1 cm³/mol. The van der Waals surface area contributed by atoms with E-state index in [2.05, 4.69) is 0 Å². The molecule has 0 aliphatic carbocycles. The number of hydrogen-bond donors (Lipinski definition) is 0. The molecular weight excluding hydrogens is 112 g/mol. The van der Waals surface area contributed by atoms with Gasteiger partial charge >= 0.3 is 0 Å². The summed E-state index contributed by atoms with van der Waals surface area (Å²) in [4.78, 5) is 0. The molecule has 0 radical (unpaired) electrons. The van der Waals surface area contributed by atoms with Gasteiger partial charge in [-0.2, -0.15) is 0 Å². The van der Waals surface area contributed by atoms with Gasteiger partial charge in [-0.15, -0.1) is 0 Å². The summed E-state index contributed by atoms with van der Waals surface area (Å²) in [6.45, 7) is 1.99. The Morgan fingerprint density at radius 2 is 2.71 bits per heavy atom. The van der Waals surface area contributed by atoms with E-state index < -0.39 is 0 Å². The van der Waals surface area contributed by atoms with Gasteiger partial charge in [0.15, 0.2) is 5.22 Å². The molecule has 7 heavy (non-hydrogen) atoms. The van der Waals surface area contributed by atoms with Gasteiger partial charge < -0.3 is 4.74 Å². The summed E-state index contributed by atoms with van der Waals surface area (Å²) >= 11 is 5.45. The molecule has 0 aromatic rings. The Labute approximate surface area is 47.9 Å². The fourth-order valence-corrected chi connectivity index (χ4v) is 0.788. The van der Waals surface area contributed by atoms with Gasteiger partial charge in [0.2, 0.25) is 0 Å². The molecule has 1 atom stereocenters. The molecule has 40 valence electrons.